The number of hydrogen-bond donors (Lipinski definition) is 0. The van der Waals surface area contributed by atoms with E-state index < -0.39 is 0 Å². The van der Waals surface area contributed by atoms with E-state index in [4.69, 9.17) is 9.15 Å². The second-order valence-corrected chi connectivity index (χ2v) is 5.49. The number of hydrogen-bond acceptors (Lipinski definition) is 2. The first-order chi connectivity index (χ1) is 11.4. The van der Waals surface area contributed by atoms with Gasteiger partial charge in [-0.1, -0.05) is 48.5 Å². The predicted molar refractivity (Wildman–Crippen MR) is 92.0 cm³/mol. The first-order valence-electron chi connectivity index (χ1n) is 7.65. The fourth-order valence-electron chi connectivity index (χ4n) is 2.69. The number of ether oxygens (including phenoxy) is 1. The Morgan fingerprint density at radius 2 is 1.39 bits per heavy atom. The van der Waals surface area contributed by atoms with Crippen LogP contribution in [0, 0.1) is 0 Å². The van der Waals surface area contributed by atoms with E-state index in [1.54, 1.807) is 0 Å². The Hall–Kier alpha value is -3.00. The number of furan rings is 1. The Bertz CT molecular complexity index is 905. The molecule has 2 nitrogen and oxygen atoms in total. The van der Waals surface area contributed by atoms with Crippen LogP contribution in [0.2, 0.25) is 0 Å². The summed E-state index contributed by atoms with van der Waals surface area (Å²) in [5.74, 6) is 1.69. The van der Waals surface area contributed by atoms with Crippen LogP contribution in [0.25, 0.3) is 11.0 Å². The lowest BCUT2D eigenvalue weighted by molar-refractivity contribution is 0.482. The zero-order valence-corrected chi connectivity index (χ0v) is 12.6. The van der Waals surface area contributed by atoms with Gasteiger partial charge in [-0.3, -0.25) is 0 Å². The highest BCUT2D eigenvalue weighted by molar-refractivity contribution is 5.81. The predicted octanol–water partition coefficient (Wildman–Crippen LogP) is 5.82. The summed E-state index contributed by atoms with van der Waals surface area (Å²) in [7, 11) is 0. The summed E-state index contributed by atoms with van der Waals surface area (Å²) >= 11 is 0. The Morgan fingerprint density at radius 3 is 2.22 bits per heavy atom. The van der Waals surface area contributed by atoms with Crippen LogP contribution in [-0.4, -0.2) is 0 Å². The molecule has 0 saturated heterocycles. The molecule has 0 aliphatic rings. The SMILES string of the molecule is c1ccc(Oc2ccc(Cc3coc4ccccc34)cc2)cc1. The van der Waals surface area contributed by atoms with Gasteiger partial charge >= 0.3 is 0 Å². The average molecular weight is 300 g/mol. The van der Waals surface area contributed by atoms with Crippen molar-refractivity contribution in [3.63, 3.8) is 0 Å². The van der Waals surface area contributed by atoms with E-state index in [-0.39, 0.29) is 0 Å². The quantitative estimate of drug-likeness (QED) is 0.474. The molecule has 2 heteroatoms. The van der Waals surface area contributed by atoms with Gasteiger partial charge in [0.15, 0.2) is 0 Å². The van der Waals surface area contributed by atoms with E-state index in [1.807, 2.05) is 66.9 Å². The molecule has 0 saturated carbocycles. The zero-order valence-electron chi connectivity index (χ0n) is 12.6. The maximum Gasteiger partial charge on any atom is 0.134 e. The van der Waals surface area contributed by atoms with Crippen molar-refractivity contribution < 1.29 is 9.15 Å². The number of rotatable bonds is 4. The smallest absolute Gasteiger partial charge is 0.134 e. The topological polar surface area (TPSA) is 22.4 Å². The number of benzene rings is 3. The standard InChI is InChI=1S/C21H16O2/c1-2-6-18(7-3-1)23-19-12-10-16(11-13-19)14-17-15-22-21-9-5-4-8-20(17)21/h1-13,15H,14H2. The molecule has 3 aromatic carbocycles. The first-order valence-corrected chi connectivity index (χ1v) is 7.65. The van der Waals surface area contributed by atoms with Gasteiger partial charge in [-0.2, -0.15) is 0 Å². The minimum atomic E-state index is 0.844. The summed E-state index contributed by atoms with van der Waals surface area (Å²) in [6.45, 7) is 0. The van der Waals surface area contributed by atoms with Crippen LogP contribution in [0.3, 0.4) is 0 Å². The van der Waals surface area contributed by atoms with Crippen molar-refractivity contribution in [3.8, 4) is 11.5 Å². The van der Waals surface area contributed by atoms with Crippen LogP contribution >= 0.6 is 0 Å². The molecule has 0 amide bonds. The molecule has 0 aliphatic carbocycles. The molecule has 0 unspecified atom stereocenters. The Balaban J connectivity index is 1.52. The highest BCUT2D eigenvalue weighted by Crippen LogP contribution is 2.25. The molecule has 112 valence electrons. The van der Waals surface area contributed by atoms with Crippen molar-refractivity contribution >= 4 is 11.0 Å². The van der Waals surface area contributed by atoms with E-state index in [1.165, 1.54) is 16.5 Å². The fourth-order valence-corrected chi connectivity index (χ4v) is 2.69. The van der Waals surface area contributed by atoms with Gasteiger partial charge in [0, 0.05) is 17.4 Å². The van der Waals surface area contributed by atoms with Crippen molar-refractivity contribution in [2.24, 2.45) is 0 Å². The molecule has 0 N–H and O–H groups in total. The molecule has 4 rings (SSSR count). The Labute approximate surface area is 135 Å². The number of para-hydroxylation sites is 2. The van der Waals surface area contributed by atoms with Crippen LogP contribution in [0.15, 0.2) is 89.5 Å². The molecular formula is C21H16O2. The summed E-state index contributed by atoms with van der Waals surface area (Å²) < 4.78 is 11.4. The van der Waals surface area contributed by atoms with E-state index in [2.05, 4.69) is 18.2 Å². The molecule has 0 radical (unpaired) electrons. The molecule has 0 aliphatic heterocycles. The van der Waals surface area contributed by atoms with Crippen molar-refractivity contribution in [1.29, 1.82) is 0 Å². The molecule has 0 fully saturated rings. The molecule has 0 bridgehead atoms. The van der Waals surface area contributed by atoms with Gasteiger partial charge in [0.1, 0.15) is 17.1 Å². The van der Waals surface area contributed by atoms with Crippen molar-refractivity contribution in [2.45, 2.75) is 6.42 Å². The summed E-state index contributed by atoms with van der Waals surface area (Å²) in [5.41, 5.74) is 3.38. The second kappa shape index (κ2) is 6.01. The maximum absolute atomic E-state index is 5.82. The van der Waals surface area contributed by atoms with Gasteiger partial charge in [0.05, 0.1) is 6.26 Å². The lowest BCUT2D eigenvalue weighted by atomic mass is 10.0. The van der Waals surface area contributed by atoms with Gasteiger partial charge in [0.2, 0.25) is 0 Å². The molecule has 1 heterocycles. The minimum Gasteiger partial charge on any atom is -0.464 e. The lowest BCUT2D eigenvalue weighted by Gasteiger charge is -2.06. The van der Waals surface area contributed by atoms with Gasteiger partial charge in [-0.25, -0.2) is 0 Å². The molecular weight excluding hydrogens is 284 g/mol. The Morgan fingerprint density at radius 1 is 0.696 bits per heavy atom. The van der Waals surface area contributed by atoms with Crippen LogP contribution in [0.1, 0.15) is 11.1 Å². The highest BCUT2D eigenvalue weighted by Gasteiger charge is 2.06. The van der Waals surface area contributed by atoms with Crippen molar-refractivity contribution in [2.75, 3.05) is 0 Å². The largest absolute Gasteiger partial charge is 0.464 e. The highest BCUT2D eigenvalue weighted by atomic mass is 16.5. The van der Waals surface area contributed by atoms with E-state index in [0.29, 0.717) is 0 Å². The summed E-state index contributed by atoms with van der Waals surface area (Å²) in [4.78, 5) is 0. The van der Waals surface area contributed by atoms with Gasteiger partial charge in [0.25, 0.3) is 0 Å². The van der Waals surface area contributed by atoms with Crippen LogP contribution < -0.4 is 4.74 Å². The van der Waals surface area contributed by atoms with Gasteiger partial charge < -0.3 is 9.15 Å². The maximum atomic E-state index is 5.82. The van der Waals surface area contributed by atoms with E-state index in [9.17, 15) is 0 Å². The van der Waals surface area contributed by atoms with Crippen LogP contribution in [0.4, 0.5) is 0 Å². The normalized spacial score (nSPS) is 10.8. The van der Waals surface area contributed by atoms with Gasteiger partial charge in [-0.15, -0.1) is 0 Å². The molecule has 1 aromatic heterocycles. The third kappa shape index (κ3) is 2.97. The minimum absolute atomic E-state index is 0.844. The molecule has 0 atom stereocenters. The molecule has 23 heavy (non-hydrogen) atoms. The monoisotopic (exact) mass is 300 g/mol. The number of fused-ring (bicyclic) bond motifs is 1. The first kappa shape index (κ1) is 13.6. The lowest BCUT2D eigenvalue weighted by Crippen LogP contribution is -1.88. The third-order valence-electron chi connectivity index (χ3n) is 3.86. The van der Waals surface area contributed by atoms with E-state index in [0.717, 1.165) is 23.5 Å². The summed E-state index contributed by atoms with van der Waals surface area (Å²) in [6, 6.07) is 26.1. The van der Waals surface area contributed by atoms with Crippen molar-refractivity contribution in [1.82, 2.24) is 0 Å². The summed E-state index contributed by atoms with van der Waals surface area (Å²) in [5, 5.41) is 1.18. The van der Waals surface area contributed by atoms with E-state index >= 15 is 0 Å². The van der Waals surface area contributed by atoms with Crippen LogP contribution in [-0.2, 0) is 6.42 Å². The third-order valence-corrected chi connectivity index (χ3v) is 3.86. The van der Waals surface area contributed by atoms with Gasteiger partial charge in [-0.05, 0) is 35.9 Å². The molecule has 4 aromatic rings. The second-order valence-electron chi connectivity index (χ2n) is 5.49. The Kier molecular flexibility index (Phi) is 3.57. The van der Waals surface area contributed by atoms with Crippen LogP contribution in [0.5, 0.6) is 11.5 Å². The zero-order chi connectivity index (χ0) is 15.5. The molecule has 0 spiro atoms. The summed E-state index contributed by atoms with van der Waals surface area (Å²) in [6.07, 6.45) is 2.70. The van der Waals surface area contributed by atoms with Crippen molar-refractivity contribution in [3.05, 3.63) is 96.3 Å². The average Bonchev–Trinajstić information content (AvgIpc) is 3.01. The fraction of sp³-hybridized carbons (Fsp3) is 0.0476.